The van der Waals surface area contributed by atoms with Gasteiger partial charge in [0, 0.05) is 0 Å². The van der Waals surface area contributed by atoms with Gasteiger partial charge in [-0.1, -0.05) is 42.0 Å². The first-order valence-corrected chi connectivity index (χ1v) is 8.81. The number of hydrogen-bond donors (Lipinski definition) is 1. The number of anilines is 1. The zero-order chi connectivity index (χ0) is 17.0. The fraction of sp³-hybridized carbons (Fsp3) is 0.222. The molecule has 0 aromatic heterocycles. The third-order valence-corrected chi connectivity index (χ3v) is 5.02. The van der Waals surface area contributed by atoms with Gasteiger partial charge in [-0.05, 0) is 44.8 Å². The molecule has 0 saturated carbocycles. The van der Waals surface area contributed by atoms with Crippen molar-refractivity contribution in [2.45, 2.75) is 17.9 Å². The maximum atomic E-state index is 12.6. The molecule has 5 heteroatoms. The predicted molar refractivity (Wildman–Crippen MR) is 95.1 cm³/mol. The minimum absolute atomic E-state index is 0.0769. The van der Waals surface area contributed by atoms with E-state index in [1.165, 1.54) is 0 Å². The summed E-state index contributed by atoms with van der Waals surface area (Å²) in [6.45, 7) is 5.77. The second-order valence-electron chi connectivity index (χ2n) is 5.65. The zero-order valence-corrected chi connectivity index (χ0v) is 14.5. The molecule has 0 spiro atoms. The van der Waals surface area contributed by atoms with Gasteiger partial charge in [0.15, 0.2) is 0 Å². The summed E-state index contributed by atoms with van der Waals surface area (Å²) in [6, 6.07) is 14.1. The summed E-state index contributed by atoms with van der Waals surface area (Å²) in [6.07, 6.45) is 1.79. The van der Waals surface area contributed by atoms with E-state index >= 15 is 0 Å². The van der Waals surface area contributed by atoms with Crippen molar-refractivity contribution in [2.75, 3.05) is 18.8 Å². The molecule has 1 atom stereocenters. The number of para-hydroxylation sites is 1. The van der Waals surface area contributed by atoms with Crippen LogP contribution in [0.3, 0.4) is 0 Å². The molecule has 0 radical (unpaired) electrons. The van der Waals surface area contributed by atoms with Crippen molar-refractivity contribution in [3.05, 3.63) is 72.3 Å². The molecule has 2 aromatic rings. The van der Waals surface area contributed by atoms with Crippen molar-refractivity contribution < 1.29 is 8.42 Å². The molecule has 2 aromatic carbocycles. The Morgan fingerprint density at radius 3 is 2.26 bits per heavy atom. The third kappa shape index (κ3) is 4.00. The highest BCUT2D eigenvalue weighted by molar-refractivity contribution is 7.92. The van der Waals surface area contributed by atoms with Gasteiger partial charge in [0.1, 0.15) is 0 Å². The molecule has 0 bridgehead atoms. The molecule has 0 aliphatic carbocycles. The van der Waals surface area contributed by atoms with E-state index in [1.54, 1.807) is 36.4 Å². The number of rotatable bonds is 6. The summed E-state index contributed by atoms with van der Waals surface area (Å²) in [7, 11) is 0.234. The van der Waals surface area contributed by atoms with Crippen molar-refractivity contribution in [2.24, 2.45) is 0 Å². The smallest absolute Gasteiger partial charge is 0.261 e. The molecule has 4 nitrogen and oxygen atoms in total. The lowest BCUT2D eigenvalue weighted by Crippen LogP contribution is -2.21. The van der Waals surface area contributed by atoms with Crippen LogP contribution >= 0.6 is 0 Å². The quantitative estimate of drug-likeness (QED) is 0.824. The predicted octanol–water partition coefficient (Wildman–Crippen LogP) is 3.58. The third-order valence-electron chi connectivity index (χ3n) is 3.63. The summed E-state index contributed by atoms with van der Waals surface area (Å²) in [5.74, 6) is 0. The minimum atomic E-state index is -3.62. The van der Waals surface area contributed by atoms with E-state index < -0.39 is 10.0 Å². The van der Waals surface area contributed by atoms with Crippen LogP contribution in [0, 0.1) is 6.92 Å². The van der Waals surface area contributed by atoms with Crippen molar-refractivity contribution in [3.8, 4) is 0 Å². The first-order valence-electron chi connectivity index (χ1n) is 7.32. The van der Waals surface area contributed by atoms with Crippen molar-refractivity contribution >= 4 is 15.7 Å². The van der Waals surface area contributed by atoms with Crippen LogP contribution in [0.2, 0.25) is 0 Å². The van der Waals surface area contributed by atoms with E-state index in [2.05, 4.69) is 11.3 Å². The van der Waals surface area contributed by atoms with Gasteiger partial charge in [-0.15, -0.1) is 6.58 Å². The molecular weight excluding hydrogens is 308 g/mol. The second kappa shape index (κ2) is 6.98. The molecule has 0 aliphatic rings. The van der Waals surface area contributed by atoms with Crippen LogP contribution in [0.25, 0.3) is 0 Å². The van der Waals surface area contributed by atoms with Gasteiger partial charge >= 0.3 is 0 Å². The van der Waals surface area contributed by atoms with Crippen LogP contribution in [0.4, 0.5) is 5.69 Å². The Morgan fingerprint density at radius 1 is 1.09 bits per heavy atom. The standard InChI is InChI=1S/C18H22N2O2S/c1-5-18(20(3)4)16-8-6-7-9-17(16)19-23(21,22)15-12-10-14(2)11-13-15/h5-13,18-19H,1H2,2-4H3/t18-/m0/s1. The summed E-state index contributed by atoms with van der Waals surface area (Å²) in [5.41, 5.74) is 2.44. The molecule has 0 amide bonds. The first kappa shape index (κ1) is 17.2. The van der Waals surface area contributed by atoms with Crippen LogP contribution in [-0.2, 0) is 10.0 Å². The highest BCUT2D eigenvalue weighted by atomic mass is 32.2. The average molecular weight is 330 g/mol. The van der Waals surface area contributed by atoms with Gasteiger partial charge < -0.3 is 0 Å². The van der Waals surface area contributed by atoms with E-state index in [9.17, 15) is 8.42 Å². The normalized spacial score (nSPS) is 12.9. The molecule has 1 N–H and O–H groups in total. The van der Waals surface area contributed by atoms with Crippen LogP contribution in [0.1, 0.15) is 17.2 Å². The average Bonchev–Trinajstić information content (AvgIpc) is 2.49. The minimum Gasteiger partial charge on any atom is -0.299 e. The zero-order valence-electron chi connectivity index (χ0n) is 13.7. The lowest BCUT2D eigenvalue weighted by atomic mass is 10.0. The maximum Gasteiger partial charge on any atom is 0.261 e. The molecule has 0 heterocycles. The Morgan fingerprint density at radius 2 is 1.70 bits per heavy atom. The number of aryl methyl sites for hydroxylation is 1. The molecule has 0 saturated heterocycles. The molecule has 122 valence electrons. The molecule has 23 heavy (non-hydrogen) atoms. The molecule has 0 unspecified atom stereocenters. The van der Waals surface area contributed by atoms with Crippen molar-refractivity contribution in [3.63, 3.8) is 0 Å². The monoisotopic (exact) mass is 330 g/mol. The Bertz CT molecular complexity index is 781. The number of hydrogen-bond acceptors (Lipinski definition) is 3. The van der Waals surface area contributed by atoms with Crippen LogP contribution < -0.4 is 4.72 Å². The fourth-order valence-electron chi connectivity index (χ4n) is 2.38. The van der Waals surface area contributed by atoms with Gasteiger partial charge in [-0.25, -0.2) is 8.42 Å². The van der Waals surface area contributed by atoms with E-state index in [0.717, 1.165) is 11.1 Å². The number of nitrogens with one attached hydrogen (secondary N) is 1. The van der Waals surface area contributed by atoms with Gasteiger partial charge in [0.05, 0.1) is 16.6 Å². The van der Waals surface area contributed by atoms with Crippen LogP contribution in [0.15, 0.2) is 66.1 Å². The van der Waals surface area contributed by atoms with Crippen LogP contribution in [-0.4, -0.2) is 27.4 Å². The number of sulfonamides is 1. The number of likely N-dealkylation sites (N-methyl/N-ethyl adjacent to an activating group) is 1. The summed E-state index contributed by atoms with van der Waals surface area (Å²) in [5, 5.41) is 0. The number of benzene rings is 2. The highest BCUT2D eigenvalue weighted by Crippen LogP contribution is 2.28. The number of nitrogens with zero attached hydrogens (tertiary/aromatic N) is 1. The first-order chi connectivity index (χ1) is 10.8. The van der Waals surface area contributed by atoms with Gasteiger partial charge in [0.25, 0.3) is 10.0 Å². The van der Waals surface area contributed by atoms with E-state index in [-0.39, 0.29) is 10.9 Å². The molecule has 2 rings (SSSR count). The molecular formula is C18H22N2O2S. The van der Waals surface area contributed by atoms with E-state index in [1.807, 2.05) is 44.1 Å². The Hall–Kier alpha value is -2.11. The van der Waals surface area contributed by atoms with Gasteiger partial charge in [-0.2, -0.15) is 0 Å². The topological polar surface area (TPSA) is 49.4 Å². The lowest BCUT2D eigenvalue weighted by Gasteiger charge is -2.24. The maximum absolute atomic E-state index is 12.6. The van der Waals surface area contributed by atoms with Gasteiger partial charge in [0.2, 0.25) is 0 Å². The van der Waals surface area contributed by atoms with Crippen molar-refractivity contribution in [1.29, 1.82) is 0 Å². The summed E-state index contributed by atoms with van der Waals surface area (Å²) < 4.78 is 27.9. The largest absolute Gasteiger partial charge is 0.299 e. The van der Waals surface area contributed by atoms with Crippen LogP contribution in [0.5, 0.6) is 0 Å². The molecule has 0 aliphatic heterocycles. The Labute approximate surface area is 138 Å². The van der Waals surface area contributed by atoms with Gasteiger partial charge in [-0.3, -0.25) is 9.62 Å². The van der Waals surface area contributed by atoms with E-state index in [4.69, 9.17) is 0 Å². The fourth-order valence-corrected chi connectivity index (χ4v) is 3.47. The Kier molecular flexibility index (Phi) is 5.23. The lowest BCUT2D eigenvalue weighted by molar-refractivity contribution is 0.352. The Balaban J connectivity index is 2.40. The second-order valence-corrected chi connectivity index (χ2v) is 7.33. The highest BCUT2D eigenvalue weighted by Gasteiger charge is 2.19. The summed E-state index contributed by atoms with van der Waals surface area (Å²) in [4.78, 5) is 2.23. The van der Waals surface area contributed by atoms with Crippen molar-refractivity contribution in [1.82, 2.24) is 4.90 Å². The molecule has 0 fully saturated rings. The van der Waals surface area contributed by atoms with E-state index in [0.29, 0.717) is 5.69 Å². The SMILES string of the molecule is C=C[C@@H](c1ccccc1NS(=O)(=O)c1ccc(C)cc1)N(C)C. The summed E-state index contributed by atoms with van der Waals surface area (Å²) >= 11 is 0.